The van der Waals surface area contributed by atoms with Crippen LogP contribution in [0.25, 0.3) is 0 Å². The quantitative estimate of drug-likeness (QED) is 0.104. The van der Waals surface area contributed by atoms with E-state index in [1.54, 1.807) is 0 Å². The van der Waals surface area contributed by atoms with E-state index < -0.39 is 0 Å². The standard InChI is InChI=1S/C30H32N6S/c37-19-30-12-11-29(36-30)18-28-10-9-27(35-28)17-26-8-7-25(34-26)16-24-6-5-23(33-24)15-22-4-3-21(32-22)14-20-2-1-13-31-20/h1-13,31-37H,14-19H2. The Bertz CT molecular complexity index is 1550. The molecule has 6 nitrogen and oxygen atoms in total. The predicted molar refractivity (Wildman–Crippen MR) is 151 cm³/mol. The van der Waals surface area contributed by atoms with Crippen molar-refractivity contribution in [2.45, 2.75) is 37.9 Å². The van der Waals surface area contributed by atoms with Crippen molar-refractivity contribution in [1.29, 1.82) is 0 Å². The molecule has 0 saturated carbocycles. The van der Waals surface area contributed by atoms with Crippen LogP contribution in [0.1, 0.15) is 62.6 Å². The molecule has 188 valence electrons. The summed E-state index contributed by atoms with van der Waals surface area (Å²) in [5.74, 6) is 0.734. The van der Waals surface area contributed by atoms with Crippen LogP contribution >= 0.6 is 12.6 Å². The van der Waals surface area contributed by atoms with E-state index in [4.69, 9.17) is 0 Å². The van der Waals surface area contributed by atoms with E-state index in [2.05, 4.69) is 109 Å². The van der Waals surface area contributed by atoms with E-state index in [1.807, 2.05) is 12.3 Å². The van der Waals surface area contributed by atoms with Crippen molar-refractivity contribution in [1.82, 2.24) is 29.9 Å². The van der Waals surface area contributed by atoms with Crippen molar-refractivity contribution in [3.05, 3.63) is 142 Å². The van der Waals surface area contributed by atoms with Gasteiger partial charge in [-0.05, 0) is 72.8 Å². The first kappa shape index (κ1) is 23.4. The molecule has 0 atom stereocenters. The van der Waals surface area contributed by atoms with Gasteiger partial charge in [-0.2, -0.15) is 12.6 Å². The zero-order valence-electron chi connectivity index (χ0n) is 20.7. The van der Waals surface area contributed by atoms with Crippen LogP contribution in [-0.2, 0) is 37.9 Å². The molecule has 7 heteroatoms. The lowest BCUT2D eigenvalue weighted by molar-refractivity contribution is 0.959. The van der Waals surface area contributed by atoms with Crippen LogP contribution in [-0.4, -0.2) is 29.9 Å². The lowest BCUT2D eigenvalue weighted by atomic mass is 10.2. The molecule has 0 aliphatic carbocycles. The lowest BCUT2D eigenvalue weighted by Gasteiger charge is -2.00. The molecular weight excluding hydrogens is 476 g/mol. The fourth-order valence-corrected chi connectivity index (χ4v) is 5.16. The minimum absolute atomic E-state index is 0.734. The minimum Gasteiger partial charge on any atom is -0.365 e. The molecule has 0 fully saturated rings. The van der Waals surface area contributed by atoms with Crippen LogP contribution in [0.4, 0.5) is 0 Å². The van der Waals surface area contributed by atoms with Crippen LogP contribution in [0.15, 0.2) is 79.0 Å². The lowest BCUT2D eigenvalue weighted by Crippen LogP contribution is -1.95. The van der Waals surface area contributed by atoms with Crippen LogP contribution in [0.3, 0.4) is 0 Å². The highest BCUT2D eigenvalue weighted by atomic mass is 32.1. The number of rotatable bonds is 11. The second-order valence-electron chi connectivity index (χ2n) is 9.78. The van der Waals surface area contributed by atoms with E-state index in [9.17, 15) is 0 Å². The summed E-state index contributed by atoms with van der Waals surface area (Å²) in [5.41, 5.74) is 13.3. The number of aromatic nitrogens is 6. The Labute approximate surface area is 221 Å². The highest BCUT2D eigenvalue weighted by Gasteiger charge is 2.08. The Morgan fingerprint density at radius 2 is 0.676 bits per heavy atom. The Morgan fingerprint density at radius 3 is 0.946 bits per heavy atom. The maximum atomic E-state index is 4.33. The maximum Gasteiger partial charge on any atom is 0.0305 e. The molecule has 0 aliphatic rings. The van der Waals surface area contributed by atoms with Gasteiger partial charge in [0.25, 0.3) is 0 Å². The molecule has 0 amide bonds. The molecular formula is C30H32N6S. The average Bonchev–Trinajstić information content (AvgIpc) is 3.72. The Balaban J connectivity index is 1.02. The van der Waals surface area contributed by atoms with Crippen molar-refractivity contribution in [2.24, 2.45) is 0 Å². The van der Waals surface area contributed by atoms with Crippen molar-refractivity contribution in [3.8, 4) is 0 Å². The van der Waals surface area contributed by atoms with Gasteiger partial charge in [-0.25, -0.2) is 0 Å². The van der Waals surface area contributed by atoms with Crippen molar-refractivity contribution < 1.29 is 0 Å². The van der Waals surface area contributed by atoms with E-state index in [-0.39, 0.29) is 0 Å². The number of thiol groups is 1. The molecule has 6 rings (SSSR count). The molecule has 0 aliphatic heterocycles. The second kappa shape index (κ2) is 10.6. The molecule has 6 aromatic heterocycles. The molecule has 6 heterocycles. The van der Waals surface area contributed by atoms with Crippen molar-refractivity contribution in [3.63, 3.8) is 0 Å². The summed E-state index contributed by atoms with van der Waals surface area (Å²) in [7, 11) is 0. The van der Waals surface area contributed by atoms with E-state index in [0.29, 0.717) is 0 Å². The highest BCUT2D eigenvalue weighted by molar-refractivity contribution is 7.79. The first-order valence-corrected chi connectivity index (χ1v) is 13.4. The Hall–Kier alpha value is -3.97. The molecule has 6 aromatic rings. The summed E-state index contributed by atoms with van der Waals surface area (Å²) in [6, 6.07) is 25.9. The third-order valence-electron chi connectivity index (χ3n) is 6.77. The predicted octanol–water partition coefficient (Wildman–Crippen LogP) is 6.04. The summed E-state index contributed by atoms with van der Waals surface area (Å²) in [5, 5.41) is 0. The highest BCUT2D eigenvalue weighted by Crippen LogP contribution is 2.17. The third-order valence-corrected chi connectivity index (χ3v) is 7.11. The smallest absolute Gasteiger partial charge is 0.0305 e. The monoisotopic (exact) mass is 508 g/mol. The molecule has 0 aromatic carbocycles. The van der Waals surface area contributed by atoms with E-state index in [0.717, 1.165) is 43.6 Å². The van der Waals surface area contributed by atoms with Gasteiger partial charge in [0, 0.05) is 107 Å². The number of aromatic amines is 6. The number of hydrogen-bond donors (Lipinski definition) is 7. The van der Waals surface area contributed by atoms with E-state index in [1.165, 1.54) is 56.9 Å². The van der Waals surface area contributed by atoms with Crippen molar-refractivity contribution >= 4 is 12.6 Å². The molecule has 0 radical (unpaired) electrons. The normalized spacial score (nSPS) is 11.5. The van der Waals surface area contributed by atoms with Crippen molar-refractivity contribution in [2.75, 3.05) is 0 Å². The van der Waals surface area contributed by atoms with Gasteiger partial charge < -0.3 is 29.9 Å². The fourth-order valence-electron chi connectivity index (χ4n) is 4.98. The molecule has 0 bridgehead atoms. The van der Waals surface area contributed by atoms with Gasteiger partial charge in [0.15, 0.2) is 0 Å². The van der Waals surface area contributed by atoms with Crippen LogP contribution < -0.4 is 0 Å². The van der Waals surface area contributed by atoms with Gasteiger partial charge in [-0.3, -0.25) is 0 Å². The average molecular weight is 509 g/mol. The zero-order chi connectivity index (χ0) is 25.0. The van der Waals surface area contributed by atoms with Gasteiger partial charge in [0.05, 0.1) is 0 Å². The zero-order valence-corrected chi connectivity index (χ0v) is 21.6. The van der Waals surface area contributed by atoms with Gasteiger partial charge in [0.2, 0.25) is 0 Å². The first-order chi connectivity index (χ1) is 18.2. The topological polar surface area (TPSA) is 94.7 Å². The van der Waals surface area contributed by atoms with Gasteiger partial charge in [-0.1, -0.05) is 0 Å². The SMILES string of the molecule is SCc1ccc(Cc2ccc(Cc3ccc(Cc4ccc(Cc5ccc(Cc6ccc[nH]6)[nH]5)[nH]4)[nH]3)[nH]2)[nH]1. The van der Waals surface area contributed by atoms with Crippen LogP contribution in [0.5, 0.6) is 0 Å². The van der Waals surface area contributed by atoms with Crippen LogP contribution in [0, 0.1) is 0 Å². The summed E-state index contributed by atoms with van der Waals surface area (Å²) >= 11 is 4.33. The van der Waals surface area contributed by atoms with Crippen LogP contribution in [0.2, 0.25) is 0 Å². The Morgan fingerprint density at radius 1 is 0.378 bits per heavy atom. The fraction of sp³-hybridized carbons (Fsp3) is 0.200. The molecule has 0 unspecified atom stereocenters. The largest absolute Gasteiger partial charge is 0.365 e. The number of hydrogen-bond acceptors (Lipinski definition) is 1. The molecule has 37 heavy (non-hydrogen) atoms. The summed E-state index contributed by atoms with van der Waals surface area (Å²) < 4.78 is 0. The number of nitrogens with one attached hydrogen (secondary N) is 6. The minimum atomic E-state index is 0.734. The molecule has 0 saturated heterocycles. The summed E-state index contributed by atoms with van der Waals surface area (Å²) in [6.07, 6.45) is 6.32. The second-order valence-corrected chi connectivity index (χ2v) is 10.1. The van der Waals surface area contributed by atoms with Gasteiger partial charge >= 0.3 is 0 Å². The Kier molecular flexibility index (Phi) is 6.69. The summed E-state index contributed by atoms with van der Waals surface area (Å²) in [4.78, 5) is 21.0. The third kappa shape index (κ3) is 5.89. The maximum absolute atomic E-state index is 4.33. The van der Waals surface area contributed by atoms with Gasteiger partial charge in [-0.15, -0.1) is 0 Å². The van der Waals surface area contributed by atoms with E-state index >= 15 is 0 Å². The molecule has 0 spiro atoms. The van der Waals surface area contributed by atoms with Gasteiger partial charge in [0.1, 0.15) is 0 Å². The first-order valence-electron chi connectivity index (χ1n) is 12.8. The summed E-state index contributed by atoms with van der Waals surface area (Å²) in [6.45, 7) is 0. The number of H-pyrrole nitrogens is 6. The molecule has 6 N–H and O–H groups in total.